The van der Waals surface area contributed by atoms with Gasteiger partial charge in [-0.1, -0.05) is 13.0 Å². The molecule has 0 aliphatic carbocycles. The van der Waals surface area contributed by atoms with Crippen molar-refractivity contribution in [1.29, 1.82) is 0 Å². The summed E-state index contributed by atoms with van der Waals surface area (Å²) in [5.41, 5.74) is 2.56. The number of hydrogen-bond donors (Lipinski definition) is 1. The molecular weight excluding hydrogens is 424 g/mol. The Morgan fingerprint density at radius 1 is 1.03 bits per heavy atom. The number of rotatable bonds is 9. The third kappa shape index (κ3) is 4.62. The summed E-state index contributed by atoms with van der Waals surface area (Å²) < 4.78 is 23.7. The van der Waals surface area contributed by atoms with Gasteiger partial charge in [0.1, 0.15) is 6.54 Å². The van der Waals surface area contributed by atoms with E-state index in [0.29, 0.717) is 42.0 Å². The molecule has 0 fully saturated rings. The molecule has 9 heteroatoms. The van der Waals surface area contributed by atoms with Crippen LogP contribution in [0.25, 0.3) is 22.4 Å². The number of amides is 1. The quantitative estimate of drug-likeness (QED) is 0.416. The highest BCUT2D eigenvalue weighted by atomic mass is 16.5. The van der Waals surface area contributed by atoms with Crippen LogP contribution in [0.3, 0.4) is 0 Å². The number of ether oxygens (including phenoxy) is 3. The van der Waals surface area contributed by atoms with Crippen LogP contribution in [-0.2, 0) is 24.3 Å². The summed E-state index contributed by atoms with van der Waals surface area (Å²) in [6.45, 7) is 2.45. The van der Waals surface area contributed by atoms with Crippen LogP contribution in [0, 0.1) is 0 Å². The minimum absolute atomic E-state index is 0.127. The molecule has 4 aromatic rings. The average molecular weight is 450 g/mol. The fraction of sp³-hybridized carbons (Fsp3) is 0.292. The van der Waals surface area contributed by atoms with Gasteiger partial charge in [0.25, 0.3) is 0 Å². The first-order chi connectivity index (χ1) is 16.1. The zero-order chi connectivity index (χ0) is 23.4. The molecule has 0 radical (unpaired) electrons. The molecule has 4 rings (SSSR count). The van der Waals surface area contributed by atoms with E-state index < -0.39 is 0 Å². The van der Waals surface area contributed by atoms with E-state index >= 15 is 0 Å². The Labute approximate surface area is 191 Å². The first kappa shape index (κ1) is 22.2. The number of aromatic nitrogens is 3. The van der Waals surface area contributed by atoms with Gasteiger partial charge in [-0.15, -0.1) is 10.2 Å². The van der Waals surface area contributed by atoms with Gasteiger partial charge in [-0.25, -0.2) is 0 Å². The Kier molecular flexibility index (Phi) is 6.48. The van der Waals surface area contributed by atoms with Crippen LogP contribution in [0.4, 0.5) is 0 Å². The maximum Gasteiger partial charge on any atom is 0.247 e. The number of hydrogen-bond acceptors (Lipinski definition) is 7. The number of nitrogens with one attached hydrogen (secondary N) is 1. The SMILES string of the molecule is CCc1nnc(-c2ccc3ccn(CC(=O)NCc4cc(OC)c(OC)c(OC)c4)c3c2)o1. The average Bonchev–Trinajstić information content (AvgIpc) is 3.49. The van der Waals surface area contributed by atoms with Crippen molar-refractivity contribution in [3.63, 3.8) is 0 Å². The molecule has 1 N–H and O–H groups in total. The van der Waals surface area contributed by atoms with Crippen molar-refractivity contribution in [2.75, 3.05) is 21.3 Å². The fourth-order valence-electron chi connectivity index (χ4n) is 3.62. The fourth-order valence-corrected chi connectivity index (χ4v) is 3.62. The van der Waals surface area contributed by atoms with E-state index in [2.05, 4.69) is 15.5 Å². The van der Waals surface area contributed by atoms with Gasteiger partial charge in [0, 0.05) is 30.2 Å². The maximum absolute atomic E-state index is 12.7. The lowest BCUT2D eigenvalue weighted by molar-refractivity contribution is -0.121. The Morgan fingerprint density at radius 3 is 2.42 bits per heavy atom. The molecule has 0 saturated carbocycles. The van der Waals surface area contributed by atoms with Gasteiger partial charge in [0.2, 0.25) is 23.4 Å². The van der Waals surface area contributed by atoms with E-state index in [-0.39, 0.29) is 12.5 Å². The van der Waals surface area contributed by atoms with Gasteiger partial charge in [-0.2, -0.15) is 0 Å². The number of carbonyl (C=O) groups excluding carboxylic acids is 1. The second kappa shape index (κ2) is 9.64. The second-order valence-corrected chi connectivity index (χ2v) is 7.38. The van der Waals surface area contributed by atoms with Gasteiger partial charge < -0.3 is 28.5 Å². The number of carbonyl (C=O) groups is 1. The number of fused-ring (bicyclic) bond motifs is 1. The molecule has 9 nitrogen and oxygen atoms in total. The lowest BCUT2D eigenvalue weighted by Crippen LogP contribution is -2.26. The van der Waals surface area contributed by atoms with Crippen molar-refractivity contribution >= 4 is 16.8 Å². The van der Waals surface area contributed by atoms with Crippen LogP contribution >= 0.6 is 0 Å². The van der Waals surface area contributed by atoms with E-state index in [4.69, 9.17) is 18.6 Å². The number of nitrogens with zero attached hydrogens (tertiary/aromatic N) is 3. The second-order valence-electron chi connectivity index (χ2n) is 7.38. The molecule has 0 aliphatic heterocycles. The number of benzene rings is 2. The summed E-state index contributed by atoms with van der Waals surface area (Å²) in [4.78, 5) is 12.7. The van der Waals surface area contributed by atoms with E-state index in [1.807, 2.05) is 54.1 Å². The first-order valence-corrected chi connectivity index (χ1v) is 10.5. The molecule has 0 atom stereocenters. The highest BCUT2D eigenvalue weighted by Crippen LogP contribution is 2.38. The van der Waals surface area contributed by atoms with Gasteiger partial charge in [-0.3, -0.25) is 4.79 Å². The molecule has 33 heavy (non-hydrogen) atoms. The highest BCUT2D eigenvalue weighted by molar-refractivity contribution is 5.86. The van der Waals surface area contributed by atoms with Crippen LogP contribution in [0.15, 0.2) is 47.0 Å². The standard InChI is InChI=1S/C24H26N4O5/c1-5-22-26-27-24(33-22)17-7-6-16-8-9-28(18(16)12-17)14-21(29)25-13-15-10-19(30-2)23(32-4)20(11-15)31-3/h6-12H,5,13-14H2,1-4H3,(H,25,29). The molecule has 0 aliphatic rings. The van der Waals surface area contributed by atoms with E-state index in [1.165, 1.54) is 0 Å². The van der Waals surface area contributed by atoms with E-state index in [0.717, 1.165) is 22.0 Å². The molecule has 0 saturated heterocycles. The van der Waals surface area contributed by atoms with Crippen molar-refractivity contribution in [2.24, 2.45) is 0 Å². The number of aryl methyl sites for hydroxylation is 1. The predicted octanol–water partition coefficient (Wildman–Crippen LogP) is 3.60. The van der Waals surface area contributed by atoms with Gasteiger partial charge in [0.05, 0.1) is 21.3 Å². The molecule has 0 bridgehead atoms. The summed E-state index contributed by atoms with van der Waals surface area (Å²) in [5.74, 6) is 2.52. The Morgan fingerprint density at radius 2 is 1.79 bits per heavy atom. The molecule has 2 aromatic heterocycles. The Bertz CT molecular complexity index is 1250. The van der Waals surface area contributed by atoms with Crippen molar-refractivity contribution in [3.8, 4) is 28.7 Å². The smallest absolute Gasteiger partial charge is 0.247 e. The molecule has 0 unspecified atom stereocenters. The van der Waals surface area contributed by atoms with Crippen molar-refractivity contribution < 1.29 is 23.4 Å². The largest absolute Gasteiger partial charge is 0.493 e. The van der Waals surface area contributed by atoms with Crippen LogP contribution < -0.4 is 19.5 Å². The minimum Gasteiger partial charge on any atom is -0.493 e. The molecule has 1 amide bonds. The number of methoxy groups -OCH3 is 3. The summed E-state index contributed by atoms with van der Waals surface area (Å²) >= 11 is 0. The monoisotopic (exact) mass is 450 g/mol. The van der Waals surface area contributed by atoms with Gasteiger partial charge in [-0.05, 0) is 41.3 Å². The Balaban J connectivity index is 1.48. The summed E-state index contributed by atoms with van der Waals surface area (Å²) in [6, 6.07) is 11.5. The van der Waals surface area contributed by atoms with Crippen LogP contribution in [0.1, 0.15) is 18.4 Å². The van der Waals surface area contributed by atoms with E-state index in [1.54, 1.807) is 21.3 Å². The van der Waals surface area contributed by atoms with Crippen LogP contribution in [-0.4, -0.2) is 42.0 Å². The predicted molar refractivity (Wildman–Crippen MR) is 123 cm³/mol. The Hall–Kier alpha value is -4.01. The van der Waals surface area contributed by atoms with Crippen molar-refractivity contribution in [3.05, 3.63) is 54.0 Å². The molecule has 172 valence electrons. The first-order valence-electron chi connectivity index (χ1n) is 10.5. The zero-order valence-corrected chi connectivity index (χ0v) is 19.0. The third-order valence-corrected chi connectivity index (χ3v) is 5.32. The van der Waals surface area contributed by atoms with Gasteiger partial charge >= 0.3 is 0 Å². The minimum atomic E-state index is -0.127. The summed E-state index contributed by atoms with van der Waals surface area (Å²) in [5, 5.41) is 12.1. The van der Waals surface area contributed by atoms with Crippen LogP contribution in [0.2, 0.25) is 0 Å². The normalized spacial score (nSPS) is 10.9. The molecule has 2 heterocycles. The lowest BCUT2D eigenvalue weighted by Gasteiger charge is -2.14. The zero-order valence-electron chi connectivity index (χ0n) is 19.0. The van der Waals surface area contributed by atoms with E-state index in [9.17, 15) is 4.79 Å². The molecule has 2 aromatic carbocycles. The van der Waals surface area contributed by atoms with Crippen molar-refractivity contribution in [2.45, 2.75) is 26.4 Å². The summed E-state index contributed by atoms with van der Waals surface area (Å²) in [7, 11) is 4.67. The summed E-state index contributed by atoms with van der Waals surface area (Å²) in [6.07, 6.45) is 2.57. The lowest BCUT2D eigenvalue weighted by atomic mass is 10.1. The molecular formula is C24H26N4O5. The van der Waals surface area contributed by atoms with Gasteiger partial charge in [0.15, 0.2) is 11.5 Å². The van der Waals surface area contributed by atoms with Crippen LogP contribution in [0.5, 0.6) is 17.2 Å². The third-order valence-electron chi connectivity index (χ3n) is 5.32. The topological polar surface area (TPSA) is 101 Å². The molecule has 0 spiro atoms. The maximum atomic E-state index is 12.7. The highest BCUT2D eigenvalue weighted by Gasteiger charge is 2.15. The van der Waals surface area contributed by atoms with Crippen molar-refractivity contribution in [1.82, 2.24) is 20.1 Å².